The van der Waals surface area contributed by atoms with Crippen LogP contribution in [0.5, 0.6) is 0 Å². The molecule has 1 aromatic heterocycles. The average Bonchev–Trinajstić information content (AvgIpc) is 2.68. The van der Waals surface area contributed by atoms with Gasteiger partial charge in [-0.1, -0.05) is 0 Å². The topological polar surface area (TPSA) is 17.8 Å². The summed E-state index contributed by atoms with van der Waals surface area (Å²) in [6.07, 6.45) is 3.29. The number of alkyl halides is 1. The zero-order chi connectivity index (χ0) is 13.1. The Labute approximate surface area is 131 Å². The Bertz CT molecular complexity index is 539. The number of aromatic nitrogens is 2. The summed E-state index contributed by atoms with van der Waals surface area (Å²) in [7, 11) is 0. The maximum Gasteiger partial charge on any atom is 0.127 e. The Morgan fingerprint density at radius 2 is 2.28 bits per heavy atom. The van der Waals surface area contributed by atoms with E-state index in [1.54, 1.807) is 0 Å². The minimum atomic E-state index is -0.0515. The highest BCUT2D eigenvalue weighted by atomic mass is 127. The smallest absolute Gasteiger partial charge is 0.127 e. The van der Waals surface area contributed by atoms with Crippen molar-refractivity contribution in [3.05, 3.63) is 27.6 Å². The molecule has 0 amide bonds. The maximum absolute atomic E-state index is 6.24. The molecule has 1 atom stereocenters. The third-order valence-corrected chi connectivity index (χ3v) is 4.39. The number of fused-ring (bicyclic) bond motifs is 1. The highest BCUT2D eigenvalue weighted by Crippen LogP contribution is 2.26. The molecule has 0 spiro atoms. The number of nitrogens with zero attached hydrogens (tertiary/aromatic N) is 2. The van der Waals surface area contributed by atoms with E-state index in [-0.39, 0.29) is 5.38 Å². The summed E-state index contributed by atoms with van der Waals surface area (Å²) >= 11 is 10.4. The Kier molecular flexibility index (Phi) is 5.21. The SMILES string of the molecule is CSCCCn1c(C(C)Cl)nc2cc(I)ccc21. The molecule has 0 fully saturated rings. The lowest BCUT2D eigenvalue weighted by Crippen LogP contribution is -2.05. The number of thioether (sulfide) groups is 1. The summed E-state index contributed by atoms with van der Waals surface area (Å²) in [5.41, 5.74) is 2.24. The van der Waals surface area contributed by atoms with Crippen molar-refractivity contribution in [2.24, 2.45) is 0 Å². The van der Waals surface area contributed by atoms with Crippen molar-refractivity contribution < 1.29 is 0 Å². The van der Waals surface area contributed by atoms with Crippen LogP contribution >= 0.6 is 46.0 Å². The number of rotatable bonds is 5. The molecular formula is C13H16ClIN2S. The predicted molar refractivity (Wildman–Crippen MR) is 89.7 cm³/mol. The molecule has 2 nitrogen and oxygen atoms in total. The Balaban J connectivity index is 2.42. The summed E-state index contributed by atoms with van der Waals surface area (Å²) < 4.78 is 3.47. The minimum Gasteiger partial charge on any atom is -0.327 e. The van der Waals surface area contributed by atoms with Gasteiger partial charge in [0.2, 0.25) is 0 Å². The second-order valence-corrected chi connectivity index (χ2v) is 7.10. The van der Waals surface area contributed by atoms with Crippen LogP contribution in [0.25, 0.3) is 11.0 Å². The molecule has 0 N–H and O–H groups in total. The number of halogens is 2. The summed E-state index contributed by atoms with van der Waals surface area (Å²) in [5.74, 6) is 2.15. The second-order valence-electron chi connectivity index (χ2n) is 4.22. The van der Waals surface area contributed by atoms with Crippen molar-refractivity contribution in [1.82, 2.24) is 9.55 Å². The van der Waals surface area contributed by atoms with E-state index in [9.17, 15) is 0 Å². The molecule has 0 aliphatic carbocycles. The van der Waals surface area contributed by atoms with Crippen molar-refractivity contribution in [1.29, 1.82) is 0 Å². The Morgan fingerprint density at radius 3 is 2.94 bits per heavy atom. The van der Waals surface area contributed by atoms with Crippen LogP contribution in [0.15, 0.2) is 18.2 Å². The molecule has 0 radical (unpaired) electrons. The second kappa shape index (κ2) is 6.48. The highest BCUT2D eigenvalue weighted by Gasteiger charge is 2.14. The first-order chi connectivity index (χ1) is 8.63. The number of aryl methyl sites for hydroxylation is 1. The van der Waals surface area contributed by atoms with Crippen LogP contribution in [0.1, 0.15) is 24.5 Å². The summed E-state index contributed by atoms with van der Waals surface area (Å²) in [4.78, 5) is 4.67. The maximum atomic E-state index is 6.24. The molecule has 0 saturated heterocycles. The predicted octanol–water partition coefficient (Wildman–Crippen LogP) is 4.69. The van der Waals surface area contributed by atoms with Crippen molar-refractivity contribution in [2.45, 2.75) is 25.3 Å². The molecule has 98 valence electrons. The zero-order valence-corrected chi connectivity index (χ0v) is 14.2. The third-order valence-electron chi connectivity index (χ3n) is 2.83. The van der Waals surface area contributed by atoms with Gasteiger partial charge >= 0.3 is 0 Å². The van der Waals surface area contributed by atoms with E-state index >= 15 is 0 Å². The fourth-order valence-corrected chi connectivity index (χ4v) is 3.09. The molecule has 0 saturated carbocycles. The van der Waals surface area contributed by atoms with Gasteiger partial charge in [0.15, 0.2) is 0 Å². The average molecular weight is 395 g/mol. The Morgan fingerprint density at radius 1 is 1.50 bits per heavy atom. The molecule has 18 heavy (non-hydrogen) atoms. The van der Waals surface area contributed by atoms with Gasteiger partial charge in [0.1, 0.15) is 5.82 Å². The van der Waals surface area contributed by atoms with E-state index < -0.39 is 0 Å². The van der Waals surface area contributed by atoms with Crippen LogP contribution in [0.2, 0.25) is 0 Å². The lowest BCUT2D eigenvalue weighted by Gasteiger charge is -2.09. The van der Waals surface area contributed by atoms with E-state index in [0.717, 1.165) is 24.3 Å². The minimum absolute atomic E-state index is 0.0515. The molecule has 2 rings (SSSR count). The van der Waals surface area contributed by atoms with Crippen LogP contribution in [0.3, 0.4) is 0 Å². The molecular weight excluding hydrogens is 379 g/mol. The largest absolute Gasteiger partial charge is 0.327 e. The van der Waals surface area contributed by atoms with Gasteiger partial charge in [0.25, 0.3) is 0 Å². The number of benzene rings is 1. The normalized spacial score (nSPS) is 13.1. The Hall–Kier alpha value is 0.0600. The highest BCUT2D eigenvalue weighted by molar-refractivity contribution is 14.1. The summed E-state index contributed by atoms with van der Waals surface area (Å²) in [5, 5.41) is -0.0515. The molecule has 0 aliphatic rings. The molecule has 0 aliphatic heterocycles. The summed E-state index contributed by atoms with van der Waals surface area (Å²) in [6, 6.07) is 6.38. The van der Waals surface area contributed by atoms with Crippen LogP contribution < -0.4 is 0 Å². The van der Waals surface area contributed by atoms with E-state index in [1.165, 1.54) is 14.8 Å². The zero-order valence-electron chi connectivity index (χ0n) is 10.5. The first kappa shape index (κ1) is 14.5. The van der Waals surface area contributed by atoms with Gasteiger partial charge in [-0.15, -0.1) is 11.6 Å². The molecule has 1 unspecified atom stereocenters. The monoisotopic (exact) mass is 394 g/mol. The van der Waals surface area contributed by atoms with Gasteiger partial charge in [0, 0.05) is 10.1 Å². The molecule has 0 bridgehead atoms. The lowest BCUT2D eigenvalue weighted by atomic mass is 10.3. The molecule has 2 aromatic rings. The van der Waals surface area contributed by atoms with Crippen LogP contribution in [-0.2, 0) is 6.54 Å². The standard InChI is InChI=1S/C13H16ClIN2S/c1-9(14)13-16-11-8-10(15)4-5-12(11)17(13)6-3-7-18-2/h4-5,8-9H,3,6-7H2,1-2H3. The van der Waals surface area contributed by atoms with Crippen molar-refractivity contribution >= 4 is 57.0 Å². The lowest BCUT2D eigenvalue weighted by molar-refractivity contribution is 0.658. The summed E-state index contributed by atoms with van der Waals surface area (Å²) in [6.45, 7) is 2.98. The fourth-order valence-electron chi connectivity index (χ4n) is 2.03. The van der Waals surface area contributed by atoms with Crippen molar-refractivity contribution in [2.75, 3.05) is 12.0 Å². The van der Waals surface area contributed by atoms with E-state index in [4.69, 9.17) is 11.6 Å². The van der Waals surface area contributed by atoms with E-state index in [2.05, 4.69) is 56.6 Å². The molecule has 1 aromatic carbocycles. The first-order valence-corrected chi connectivity index (χ1v) is 8.83. The van der Waals surface area contributed by atoms with Gasteiger partial charge in [-0.25, -0.2) is 4.98 Å². The van der Waals surface area contributed by atoms with Crippen LogP contribution in [0, 0.1) is 3.57 Å². The molecule has 5 heteroatoms. The van der Waals surface area contributed by atoms with Crippen molar-refractivity contribution in [3.8, 4) is 0 Å². The van der Waals surface area contributed by atoms with Gasteiger partial charge in [-0.3, -0.25) is 0 Å². The first-order valence-electron chi connectivity index (χ1n) is 5.92. The molecule has 1 heterocycles. The third kappa shape index (κ3) is 3.14. The van der Waals surface area contributed by atoms with Gasteiger partial charge < -0.3 is 4.57 Å². The number of hydrogen-bond acceptors (Lipinski definition) is 2. The van der Waals surface area contributed by atoms with E-state index in [0.29, 0.717) is 0 Å². The van der Waals surface area contributed by atoms with Crippen molar-refractivity contribution in [3.63, 3.8) is 0 Å². The fraction of sp³-hybridized carbons (Fsp3) is 0.462. The van der Waals surface area contributed by atoms with Crippen LogP contribution in [-0.4, -0.2) is 21.6 Å². The van der Waals surface area contributed by atoms with Gasteiger partial charge in [-0.2, -0.15) is 11.8 Å². The number of hydrogen-bond donors (Lipinski definition) is 0. The number of imidazole rings is 1. The quantitative estimate of drug-likeness (QED) is 0.416. The van der Waals surface area contributed by atoms with Gasteiger partial charge in [0.05, 0.1) is 16.4 Å². The van der Waals surface area contributed by atoms with Gasteiger partial charge in [-0.05, 0) is 66.1 Å². The van der Waals surface area contributed by atoms with Crippen LogP contribution in [0.4, 0.5) is 0 Å². The van der Waals surface area contributed by atoms with E-state index in [1.807, 2.05) is 18.7 Å².